The molecule has 0 aromatic carbocycles. The van der Waals surface area contributed by atoms with Gasteiger partial charge in [-0.3, -0.25) is 4.79 Å². The Hall–Kier alpha value is -1.84. The average molecular weight is 392 g/mol. The molecular formula is C21H29NO4S. The number of esters is 1. The van der Waals surface area contributed by atoms with E-state index >= 15 is 0 Å². The molecule has 6 heteroatoms. The molecule has 0 bridgehead atoms. The number of ether oxygens (including phenoxy) is 2. The van der Waals surface area contributed by atoms with Crippen molar-refractivity contribution in [3.05, 3.63) is 21.4 Å². The Kier molecular flexibility index (Phi) is 7.46. The molecule has 0 spiro atoms. The minimum Gasteiger partial charge on any atom is -0.465 e. The molecule has 0 radical (unpaired) electrons. The second kappa shape index (κ2) is 9.38. The topological polar surface area (TPSA) is 55.8 Å². The molecule has 5 nitrogen and oxygen atoms in total. The van der Waals surface area contributed by atoms with Gasteiger partial charge < -0.3 is 14.4 Å². The monoisotopic (exact) mass is 391 g/mol. The van der Waals surface area contributed by atoms with Crippen LogP contribution in [-0.2, 0) is 20.7 Å². The maximum atomic E-state index is 12.9. The minimum absolute atomic E-state index is 0.117. The van der Waals surface area contributed by atoms with E-state index in [1.165, 1.54) is 18.4 Å². The number of carbonyl (C=O) groups excluding carboxylic acids is 2. The number of hydrogen-bond donors (Lipinski definition) is 0. The summed E-state index contributed by atoms with van der Waals surface area (Å²) in [6.07, 6.45) is 1.24. The number of methoxy groups -OCH3 is 1. The maximum Gasteiger partial charge on any atom is 0.348 e. The molecule has 0 N–H and O–H groups in total. The van der Waals surface area contributed by atoms with Crippen molar-refractivity contribution in [1.82, 2.24) is 4.90 Å². The first kappa shape index (κ1) is 21.5. The van der Waals surface area contributed by atoms with E-state index in [0.717, 1.165) is 16.9 Å². The predicted octanol–water partition coefficient (Wildman–Crippen LogP) is 3.36. The van der Waals surface area contributed by atoms with Crippen LogP contribution in [0.15, 0.2) is 6.07 Å². The molecule has 1 saturated heterocycles. The summed E-state index contributed by atoms with van der Waals surface area (Å²) in [5.74, 6) is 5.95. The first-order chi connectivity index (χ1) is 12.7. The van der Waals surface area contributed by atoms with Gasteiger partial charge in [-0.1, -0.05) is 18.8 Å². The zero-order valence-electron chi connectivity index (χ0n) is 16.9. The molecule has 1 atom stereocenters. The lowest BCUT2D eigenvalue weighted by Crippen LogP contribution is -2.44. The van der Waals surface area contributed by atoms with Gasteiger partial charge in [0.15, 0.2) is 0 Å². The fraction of sp³-hybridized carbons (Fsp3) is 0.619. The van der Waals surface area contributed by atoms with Gasteiger partial charge in [-0.2, -0.15) is 0 Å². The van der Waals surface area contributed by atoms with E-state index in [1.54, 1.807) is 0 Å². The van der Waals surface area contributed by atoms with Crippen LogP contribution in [0.4, 0.5) is 0 Å². The summed E-state index contributed by atoms with van der Waals surface area (Å²) in [6, 6.07) is 1.94. The summed E-state index contributed by atoms with van der Waals surface area (Å²) in [4.78, 5) is 28.3. The zero-order chi connectivity index (χ0) is 20.0. The second-order valence-electron chi connectivity index (χ2n) is 7.70. The Morgan fingerprint density at radius 2 is 2.00 bits per heavy atom. The summed E-state index contributed by atoms with van der Waals surface area (Å²) >= 11 is 1.34. The van der Waals surface area contributed by atoms with E-state index in [2.05, 4.69) is 11.8 Å². The molecular weight excluding hydrogens is 362 g/mol. The number of morpholine rings is 1. The molecule has 1 amide bonds. The summed E-state index contributed by atoms with van der Waals surface area (Å²) in [5.41, 5.74) is 0.729. The molecule has 1 aliphatic rings. The Morgan fingerprint density at radius 1 is 1.33 bits per heavy atom. The van der Waals surface area contributed by atoms with Gasteiger partial charge in [0.2, 0.25) is 5.91 Å². The van der Waals surface area contributed by atoms with Crippen LogP contribution < -0.4 is 0 Å². The average Bonchev–Trinajstić information content (AvgIpc) is 3.06. The van der Waals surface area contributed by atoms with Crippen LogP contribution in [0.2, 0.25) is 0 Å². The van der Waals surface area contributed by atoms with E-state index < -0.39 is 0 Å². The van der Waals surface area contributed by atoms with Crippen molar-refractivity contribution in [3.8, 4) is 11.8 Å². The Morgan fingerprint density at radius 3 is 2.56 bits per heavy atom. The van der Waals surface area contributed by atoms with Gasteiger partial charge in [0, 0.05) is 24.4 Å². The molecule has 1 aliphatic heterocycles. The summed E-state index contributed by atoms with van der Waals surface area (Å²) in [7, 11) is 1.38. The van der Waals surface area contributed by atoms with Crippen LogP contribution in [-0.4, -0.2) is 50.2 Å². The highest BCUT2D eigenvalue weighted by Crippen LogP contribution is 2.27. The third-order valence-electron chi connectivity index (χ3n) is 4.37. The van der Waals surface area contributed by atoms with Crippen LogP contribution >= 0.6 is 11.3 Å². The van der Waals surface area contributed by atoms with E-state index in [4.69, 9.17) is 9.47 Å². The van der Waals surface area contributed by atoms with Crippen molar-refractivity contribution in [3.63, 3.8) is 0 Å². The highest BCUT2D eigenvalue weighted by Gasteiger charge is 2.27. The molecule has 0 unspecified atom stereocenters. The van der Waals surface area contributed by atoms with Gasteiger partial charge >= 0.3 is 5.97 Å². The third-order valence-corrected chi connectivity index (χ3v) is 5.44. The Balaban J connectivity index is 2.25. The molecule has 2 rings (SSSR count). The molecule has 2 heterocycles. The molecule has 27 heavy (non-hydrogen) atoms. The van der Waals surface area contributed by atoms with Gasteiger partial charge in [-0.15, -0.1) is 11.3 Å². The number of amides is 1. The lowest BCUT2D eigenvalue weighted by molar-refractivity contribution is -0.139. The molecule has 148 valence electrons. The van der Waals surface area contributed by atoms with E-state index in [9.17, 15) is 9.59 Å². The minimum atomic E-state index is -0.368. The number of rotatable bonds is 5. The molecule has 1 fully saturated rings. The second-order valence-corrected chi connectivity index (χ2v) is 8.76. The number of thiophene rings is 1. The fourth-order valence-electron chi connectivity index (χ4n) is 2.87. The van der Waals surface area contributed by atoms with Crippen LogP contribution in [0.5, 0.6) is 0 Å². The van der Waals surface area contributed by atoms with Crippen molar-refractivity contribution in [2.24, 2.45) is 11.3 Å². The third kappa shape index (κ3) is 6.08. The normalized spacial score (nSPS) is 15.7. The van der Waals surface area contributed by atoms with Gasteiger partial charge in [-0.25, -0.2) is 4.79 Å². The summed E-state index contributed by atoms with van der Waals surface area (Å²) < 4.78 is 10.3. The van der Waals surface area contributed by atoms with Crippen molar-refractivity contribution in [1.29, 1.82) is 0 Å². The van der Waals surface area contributed by atoms with Crippen LogP contribution in [0.25, 0.3) is 0 Å². The van der Waals surface area contributed by atoms with Crippen LogP contribution in [0.1, 0.15) is 54.2 Å². The first-order valence-corrected chi connectivity index (χ1v) is 10.2. The van der Waals surface area contributed by atoms with E-state index in [1.807, 2.05) is 38.7 Å². The molecule has 1 aromatic rings. The maximum absolute atomic E-state index is 12.9. The van der Waals surface area contributed by atoms with Crippen molar-refractivity contribution in [2.45, 2.75) is 40.5 Å². The molecule has 0 aliphatic carbocycles. The van der Waals surface area contributed by atoms with E-state index in [-0.39, 0.29) is 23.2 Å². The zero-order valence-corrected chi connectivity index (χ0v) is 17.7. The number of nitrogens with zero attached hydrogens (tertiary/aromatic N) is 1. The Labute approximate surface area is 166 Å². The van der Waals surface area contributed by atoms with Crippen LogP contribution in [0, 0.1) is 23.2 Å². The SMILES string of the molecule is CC[C@H](Cc1cc(C#CC(C)(C)C)sc1C(=O)OC)C(=O)N1CCOCC1. The first-order valence-electron chi connectivity index (χ1n) is 9.36. The smallest absolute Gasteiger partial charge is 0.348 e. The van der Waals surface area contributed by atoms with Crippen molar-refractivity contribution >= 4 is 23.2 Å². The largest absolute Gasteiger partial charge is 0.465 e. The summed E-state index contributed by atoms with van der Waals surface area (Å²) in [5, 5.41) is 0. The summed E-state index contributed by atoms with van der Waals surface area (Å²) in [6.45, 7) is 10.6. The highest BCUT2D eigenvalue weighted by molar-refractivity contribution is 7.14. The lowest BCUT2D eigenvalue weighted by atomic mass is 9.95. The predicted molar refractivity (Wildman–Crippen MR) is 107 cm³/mol. The van der Waals surface area contributed by atoms with Gasteiger partial charge in [0.1, 0.15) is 4.88 Å². The number of carbonyl (C=O) groups is 2. The highest BCUT2D eigenvalue weighted by atomic mass is 32.1. The quantitative estimate of drug-likeness (QED) is 0.570. The van der Waals surface area contributed by atoms with Gasteiger partial charge in [-0.05, 0) is 45.2 Å². The standard InChI is InChI=1S/C21H29NO4S/c1-6-15(19(23)22-9-11-26-12-10-22)13-16-14-17(7-8-21(2,3)4)27-18(16)20(24)25-5/h14-15H,6,9-13H2,1-5H3/t15-/m1/s1. The van der Waals surface area contributed by atoms with Gasteiger partial charge in [0.25, 0.3) is 0 Å². The lowest BCUT2D eigenvalue weighted by Gasteiger charge is -2.30. The van der Waals surface area contributed by atoms with Crippen LogP contribution in [0.3, 0.4) is 0 Å². The molecule has 1 aromatic heterocycles. The fourth-order valence-corrected chi connectivity index (χ4v) is 3.83. The van der Waals surface area contributed by atoms with Crippen molar-refractivity contribution < 1.29 is 19.1 Å². The Bertz CT molecular complexity index is 730. The molecule has 0 saturated carbocycles. The van der Waals surface area contributed by atoms with Crippen molar-refractivity contribution in [2.75, 3.05) is 33.4 Å². The number of hydrogen-bond acceptors (Lipinski definition) is 5. The van der Waals surface area contributed by atoms with E-state index in [0.29, 0.717) is 37.6 Å². The van der Waals surface area contributed by atoms with Gasteiger partial charge in [0.05, 0.1) is 25.2 Å².